The number of benzene rings is 1. The second-order valence-electron chi connectivity index (χ2n) is 7.57. The number of carbonyl (C=O) groups is 1. The molecule has 0 atom stereocenters. The first-order chi connectivity index (χ1) is 13.9. The molecule has 29 heavy (non-hydrogen) atoms. The molecule has 0 spiro atoms. The highest BCUT2D eigenvalue weighted by Gasteiger charge is 2.19. The maximum absolute atomic E-state index is 13.4. The third-order valence-corrected chi connectivity index (χ3v) is 5.31. The number of fused-ring (bicyclic) bond motifs is 1. The first kappa shape index (κ1) is 19.1. The van der Waals surface area contributed by atoms with E-state index in [0.29, 0.717) is 11.6 Å². The molecule has 0 saturated carbocycles. The third kappa shape index (κ3) is 3.98. The van der Waals surface area contributed by atoms with Crippen molar-refractivity contribution in [3.63, 3.8) is 0 Å². The molecule has 3 heterocycles. The predicted octanol–water partition coefficient (Wildman–Crippen LogP) is 2.21. The van der Waals surface area contributed by atoms with Crippen LogP contribution in [0.2, 0.25) is 0 Å². The maximum Gasteiger partial charge on any atom is 0.352 e. The Labute approximate surface area is 167 Å². The van der Waals surface area contributed by atoms with E-state index in [2.05, 4.69) is 27.2 Å². The van der Waals surface area contributed by atoms with Gasteiger partial charge in [-0.3, -0.25) is 4.79 Å². The first-order valence-corrected chi connectivity index (χ1v) is 9.68. The molecule has 1 aliphatic rings. The molecule has 0 radical (unpaired) electrons. The fraction of sp³-hybridized carbons (Fsp3) is 0.400. The van der Waals surface area contributed by atoms with Gasteiger partial charge in [-0.25, -0.2) is 18.3 Å². The third-order valence-electron chi connectivity index (χ3n) is 5.31. The molecular formula is C20H23FN6O2. The van der Waals surface area contributed by atoms with E-state index in [4.69, 9.17) is 0 Å². The minimum absolute atomic E-state index is 0.251. The normalized spacial score (nSPS) is 15.1. The second-order valence-corrected chi connectivity index (χ2v) is 7.57. The van der Waals surface area contributed by atoms with E-state index >= 15 is 0 Å². The highest BCUT2D eigenvalue weighted by molar-refractivity contribution is 5.91. The Balaban J connectivity index is 1.53. The van der Waals surface area contributed by atoms with Crippen LogP contribution in [0.3, 0.4) is 0 Å². The van der Waals surface area contributed by atoms with Crippen molar-refractivity contribution in [3.05, 3.63) is 52.3 Å². The van der Waals surface area contributed by atoms with Gasteiger partial charge in [0.15, 0.2) is 0 Å². The monoisotopic (exact) mass is 398 g/mol. The van der Waals surface area contributed by atoms with Crippen molar-refractivity contribution >= 4 is 23.2 Å². The van der Waals surface area contributed by atoms with E-state index in [1.165, 1.54) is 16.5 Å². The smallest absolute Gasteiger partial charge is 0.352 e. The molecule has 9 heteroatoms. The van der Waals surface area contributed by atoms with Gasteiger partial charge >= 0.3 is 5.69 Å². The number of aryl methyl sites for hydroxylation is 1. The van der Waals surface area contributed by atoms with Gasteiger partial charge in [-0.1, -0.05) is 13.0 Å². The zero-order valence-electron chi connectivity index (χ0n) is 16.4. The van der Waals surface area contributed by atoms with Gasteiger partial charge in [0.25, 0.3) is 5.78 Å². The number of anilines is 2. The Hall–Kier alpha value is -3.23. The summed E-state index contributed by atoms with van der Waals surface area (Å²) in [6.45, 7) is 5.56. The lowest BCUT2D eigenvalue weighted by Crippen LogP contribution is -2.33. The Kier molecular flexibility index (Phi) is 5.04. The molecule has 0 bridgehead atoms. The summed E-state index contributed by atoms with van der Waals surface area (Å²) < 4.78 is 15.8. The van der Waals surface area contributed by atoms with Crippen LogP contribution in [0.1, 0.15) is 25.3 Å². The minimum Gasteiger partial charge on any atom is -0.356 e. The summed E-state index contributed by atoms with van der Waals surface area (Å²) >= 11 is 0. The van der Waals surface area contributed by atoms with Crippen molar-refractivity contribution in [2.45, 2.75) is 33.2 Å². The van der Waals surface area contributed by atoms with Gasteiger partial charge in [0.05, 0.1) is 0 Å². The summed E-state index contributed by atoms with van der Waals surface area (Å²) in [7, 11) is 0. The lowest BCUT2D eigenvalue weighted by Gasteiger charge is -2.30. The predicted molar refractivity (Wildman–Crippen MR) is 108 cm³/mol. The Morgan fingerprint density at radius 1 is 1.28 bits per heavy atom. The number of carbonyl (C=O) groups excluding carboxylic acids is 1. The molecule has 8 nitrogen and oxygen atoms in total. The summed E-state index contributed by atoms with van der Waals surface area (Å²) in [5.74, 6) is 0.827. The van der Waals surface area contributed by atoms with Gasteiger partial charge < -0.3 is 10.2 Å². The van der Waals surface area contributed by atoms with Gasteiger partial charge in [-0.2, -0.15) is 4.98 Å². The van der Waals surface area contributed by atoms with Crippen molar-refractivity contribution < 1.29 is 9.18 Å². The Morgan fingerprint density at radius 3 is 2.79 bits per heavy atom. The summed E-state index contributed by atoms with van der Waals surface area (Å²) in [6, 6.07) is 5.94. The maximum atomic E-state index is 13.4. The van der Waals surface area contributed by atoms with E-state index in [-0.39, 0.29) is 12.3 Å². The second kappa shape index (κ2) is 7.65. The zero-order valence-corrected chi connectivity index (χ0v) is 16.4. The van der Waals surface area contributed by atoms with Gasteiger partial charge in [-0.15, -0.1) is 5.10 Å². The van der Waals surface area contributed by atoms with Crippen LogP contribution in [0.4, 0.5) is 15.9 Å². The standard InChI is InChI=1S/C20H23FN6O2/c1-13-5-8-25(9-6-13)17-7-10-26-19(23-17)24-27(20(26)29)12-18(28)22-16-11-15(21)4-3-14(16)2/h3-4,7,10-11,13H,5-6,8-9,12H2,1-2H3,(H,22,28). The van der Waals surface area contributed by atoms with E-state index in [1.54, 1.807) is 25.3 Å². The van der Waals surface area contributed by atoms with Crippen molar-refractivity contribution in [2.75, 3.05) is 23.3 Å². The van der Waals surface area contributed by atoms with Gasteiger partial charge in [0.2, 0.25) is 5.91 Å². The SMILES string of the molecule is Cc1ccc(F)cc1NC(=O)Cn1nc2nc(N3CCC(C)CC3)ccn2c1=O. The van der Waals surface area contributed by atoms with Crippen LogP contribution < -0.4 is 15.9 Å². The zero-order chi connectivity index (χ0) is 20.5. The number of hydrogen-bond acceptors (Lipinski definition) is 5. The molecule has 1 amide bonds. The number of aromatic nitrogens is 4. The quantitative estimate of drug-likeness (QED) is 0.728. The molecule has 3 aromatic rings. The van der Waals surface area contributed by atoms with Crippen LogP contribution in [0, 0.1) is 18.7 Å². The first-order valence-electron chi connectivity index (χ1n) is 9.68. The van der Waals surface area contributed by atoms with Gasteiger partial charge in [0, 0.05) is 25.0 Å². The molecule has 0 aliphatic carbocycles. The minimum atomic E-state index is -0.463. The molecule has 1 aliphatic heterocycles. The van der Waals surface area contributed by atoms with Crippen molar-refractivity contribution in [1.82, 2.24) is 19.2 Å². The number of halogens is 1. The largest absolute Gasteiger partial charge is 0.356 e. The summed E-state index contributed by atoms with van der Waals surface area (Å²) in [5.41, 5.74) is 0.647. The fourth-order valence-corrected chi connectivity index (χ4v) is 3.47. The van der Waals surface area contributed by atoms with E-state index in [9.17, 15) is 14.0 Å². The molecule has 0 unspecified atom stereocenters. The number of hydrogen-bond donors (Lipinski definition) is 1. The molecular weight excluding hydrogens is 375 g/mol. The molecule has 1 fully saturated rings. The highest BCUT2D eigenvalue weighted by Crippen LogP contribution is 2.21. The lowest BCUT2D eigenvalue weighted by molar-refractivity contribution is -0.117. The van der Waals surface area contributed by atoms with Crippen LogP contribution in [0.15, 0.2) is 35.3 Å². The topological polar surface area (TPSA) is 84.5 Å². The molecule has 1 saturated heterocycles. The highest BCUT2D eigenvalue weighted by atomic mass is 19.1. The number of amides is 1. The molecule has 2 aromatic heterocycles. The summed E-state index contributed by atoms with van der Waals surface area (Å²) in [4.78, 5) is 31.6. The van der Waals surface area contributed by atoms with Crippen LogP contribution in [-0.4, -0.2) is 38.2 Å². The van der Waals surface area contributed by atoms with E-state index in [0.717, 1.165) is 42.0 Å². The summed E-state index contributed by atoms with van der Waals surface area (Å²) in [5, 5.41) is 6.82. The average Bonchev–Trinajstić information content (AvgIpc) is 3.00. The number of nitrogens with zero attached hydrogens (tertiary/aromatic N) is 5. The van der Waals surface area contributed by atoms with Crippen LogP contribution in [-0.2, 0) is 11.3 Å². The van der Waals surface area contributed by atoms with Crippen LogP contribution >= 0.6 is 0 Å². The van der Waals surface area contributed by atoms with Gasteiger partial charge in [0.1, 0.15) is 18.2 Å². The lowest BCUT2D eigenvalue weighted by atomic mass is 9.99. The number of piperidine rings is 1. The summed E-state index contributed by atoms with van der Waals surface area (Å²) in [6.07, 6.45) is 3.84. The van der Waals surface area contributed by atoms with E-state index in [1.807, 2.05) is 0 Å². The molecule has 4 rings (SSSR count). The van der Waals surface area contributed by atoms with Gasteiger partial charge in [-0.05, 0) is 49.4 Å². The van der Waals surface area contributed by atoms with Crippen molar-refractivity contribution in [3.8, 4) is 0 Å². The van der Waals surface area contributed by atoms with Crippen molar-refractivity contribution in [1.29, 1.82) is 0 Å². The average molecular weight is 398 g/mol. The number of rotatable bonds is 4. The molecule has 152 valence electrons. The fourth-order valence-electron chi connectivity index (χ4n) is 3.47. The number of nitrogens with one attached hydrogen (secondary N) is 1. The van der Waals surface area contributed by atoms with E-state index < -0.39 is 17.4 Å². The van der Waals surface area contributed by atoms with Crippen LogP contribution in [0.5, 0.6) is 0 Å². The Bertz CT molecular complexity index is 1110. The molecule has 1 N–H and O–H groups in total. The van der Waals surface area contributed by atoms with Crippen LogP contribution in [0.25, 0.3) is 5.78 Å². The Morgan fingerprint density at radius 2 is 2.03 bits per heavy atom. The van der Waals surface area contributed by atoms with Crippen molar-refractivity contribution in [2.24, 2.45) is 5.92 Å². The molecule has 1 aromatic carbocycles.